The molecule has 1 aliphatic carbocycles. The summed E-state index contributed by atoms with van der Waals surface area (Å²) in [6.45, 7) is 4.70. The van der Waals surface area contributed by atoms with Crippen molar-refractivity contribution in [1.82, 2.24) is 18.8 Å². The molecule has 0 aliphatic heterocycles. The average molecular weight is 427 g/mol. The molecule has 1 heterocycles. The van der Waals surface area contributed by atoms with Crippen LogP contribution in [0.3, 0.4) is 0 Å². The number of hydrogen-bond acceptors (Lipinski definition) is 4. The Morgan fingerprint density at radius 3 is 2.43 bits per heavy atom. The quantitative estimate of drug-likeness (QED) is 0.521. The predicted octanol–water partition coefficient (Wildman–Crippen LogP) is 3.86. The van der Waals surface area contributed by atoms with Crippen molar-refractivity contribution in [3.05, 3.63) is 59.9 Å². The number of hydrogen-bond donors (Lipinski definition) is 0. The van der Waals surface area contributed by atoms with Gasteiger partial charge >= 0.3 is 0 Å². The zero-order chi connectivity index (χ0) is 21.3. The van der Waals surface area contributed by atoms with Crippen molar-refractivity contribution in [2.75, 3.05) is 14.1 Å². The van der Waals surface area contributed by atoms with Crippen LogP contribution >= 0.6 is 0 Å². The highest BCUT2D eigenvalue weighted by atomic mass is 32.2. The number of fused-ring (bicyclic) bond motifs is 1. The van der Waals surface area contributed by atoms with Gasteiger partial charge in [-0.2, -0.15) is 0 Å². The van der Waals surface area contributed by atoms with Crippen LogP contribution in [0, 0.1) is 0 Å². The Hall–Kier alpha value is -2.22. The highest BCUT2D eigenvalue weighted by Gasteiger charge is 2.30. The van der Waals surface area contributed by atoms with Gasteiger partial charge in [0.05, 0.1) is 22.5 Å². The lowest BCUT2D eigenvalue weighted by Gasteiger charge is -2.22. The zero-order valence-electron chi connectivity index (χ0n) is 18.0. The van der Waals surface area contributed by atoms with Crippen molar-refractivity contribution in [3.8, 4) is 0 Å². The maximum absolute atomic E-state index is 12.6. The second-order valence-corrected chi connectivity index (χ2v) is 10.4. The van der Waals surface area contributed by atoms with Crippen molar-refractivity contribution in [1.29, 1.82) is 0 Å². The van der Waals surface area contributed by atoms with E-state index < -0.39 is 10.0 Å². The molecule has 1 aromatic heterocycles. The van der Waals surface area contributed by atoms with Gasteiger partial charge < -0.3 is 4.57 Å². The molecule has 0 unspecified atom stereocenters. The lowest BCUT2D eigenvalue weighted by molar-refractivity contribution is 0.236. The van der Waals surface area contributed by atoms with E-state index in [0.29, 0.717) is 6.04 Å². The topological polar surface area (TPSA) is 58.4 Å². The van der Waals surface area contributed by atoms with Crippen LogP contribution in [0.15, 0.2) is 53.4 Å². The summed E-state index contributed by atoms with van der Waals surface area (Å²) in [7, 11) is -0.371. The van der Waals surface area contributed by atoms with E-state index in [-0.39, 0.29) is 4.90 Å². The molecule has 4 rings (SSSR count). The smallest absolute Gasteiger partial charge is 0.242 e. The van der Waals surface area contributed by atoms with Crippen LogP contribution in [0.5, 0.6) is 0 Å². The van der Waals surface area contributed by atoms with Gasteiger partial charge in [-0.05, 0) is 43.0 Å². The lowest BCUT2D eigenvalue weighted by Crippen LogP contribution is -2.26. The minimum Gasteiger partial charge on any atom is -0.327 e. The van der Waals surface area contributed by atoms with Gasteiger partial charge in [0.15, 0.2) is 0 Å². The molecule has 1 saturated carbocycles. The van der Waals surface area contributed by atoms with Gasteiger partial charge in [-0.25, -0.2) is 17.7 Å². The van der Waals surface area contributed by atoms with Gasteiger partial charge in [-0.15, -0.1) is 0 Å². The first-order valence-electron chi connectivity index (χ1n) is 10.6. The molecule has 30 heavy (non-hydrogen) atoms. The molecule has 0 saturated heterocycles. The molecule has 0 N–H and O–H groups in total. The minimum atomic E-state index is -3.48. The Morgan fingerprint density at radius 2 is 1.80 bits per heavy atom. The van der Waals surface area contributed by atoms with Crippen molar-refractivity contribution < 1.29 is 8.42 Å². The Morgan fingerprint density at radius 1 is 1.07 bits per heavy atom. The average Bonchev–Trinajstić information content (AvgIpc) is 3.52. The fourth-order valence-electron chi connectivity index (χ4n) is 3.88. The highest BCUT2D eigenvalue weighted by Crippen LogP contribution is 2.31. The van der Waals surface area contributed by atoms with Crippen LogP contribution < -0.4 is 0 Å². The van der Waals surface area contributed by atoms with E-state index in [2.05, 4.69) is 40.7 Å². The second-order valence-electron chi connectivity index (χ2n) is 8.24. The van der Waals surface area contributed by atoms with Gasteiger partial charge in [-0.1, -0.05) is 37.3 Å². The van der Waals surface area contributed by atoms with E-state index in [0.717, 1.165) is 42.9 Å². The second kappa shape index (κ2) is 8.49. The van der Waals surface area contributed by atoms with E-state index in [1.165, 1.54) is 22.7 Å². The summed E-state index contributed by atoms with van der Waals surface area (Å²) in [6, 6.07) is 16.5. The number of imidazole rings is 1. The zero-order valence-corrected chi connectivity index (χ0v) is 18.8. The van der Waals surface area contributed by atoms with Crippen LogP contribution in [0.25, 0.3) is 11.0 Å². The third-order valence-corrected chi connectivity index (χ3v) is 7.47. The molecule has 0 radical (unpaired) electrons. The Bertz CT molecular complexity index is 1120. The molecule has 0 spiro atoms. The minimum absolute atomic E-state index is 0.288. The summed E-state index contributed by atoms with van der Waals surface area (Å²) in [4.78, 5) is 7.68. The standard InChI is InChI=1S/C23H30N4O2S/c1-4-14-27-22-13-12-20(30(28,29)25(2)3)15-21(22)24-23(27)17-26(19-10-11-19)16-18-8-6-5-7-9-18/h5-9,12-13,15,19H,4,10-11,14,16-17H2,1-3H3. The van der Waals surface area contributed by atoms with E-state index in [1.54, 1.807) is 26.2 Å². The number of nitrogens with zero attached hydrogens (tertiary/aromatic N) is 4. The Labute approximate surface area is 179 Å². The monoisotopic (exact) mass is 426 g/mol. The van der Waals surface area contributed by atoms with Crippen molar-refractivity contribution in [2.24, 2.45) is 0 Å². The maximum Gasteiger partial charge on any atom is 0.242 e. The van der Waals surface area contributed by atoms with E-state index in [4.69, 9.17) is 4.98 Å². The molecule has 7 heteroatoms. The van der Waals surface area contributed by atoms with Crippen LogP contribution in [-0.2, 0) is 29.7 Å². The summed E-state index contributed by atoms with van der Waals surface area (Å²) in [5.41, 5.74) is 3.05. The first kappa shape index (κ1) is 21.0. The molecule has 0 bridgehead atoms. The van der Waals surface area contributed by atoms with Gasteiger partial charge in [0, 0.05) is 33.2 Å². The van der Waals surface area contributed by atoms with Crippen molar-refractivity contribution >= 4 is 21.1 Å². The summed E-state index contributed by atoms with van der Waals surface area (Å²) < 4.78 is 28.6. The molecule has 0 atom stereocenters. The number of sulfonamides is 1. The number of benzene rings is 2. The lowest BCUT2D eigenvalue weighted by atomic mass is 10.2. The third-order valence-electron chi connectivity index (χ3n) is 5.66. The fraction of sp³-hybridized carbons (Fsp3) is 0.435. The molecule has 0 amide bonds. The molecule has 3 aromatic rings. The first-order valence-corrected chi connectivity index (χ1v) is 12.0. The molecule has 6 nitrogen and oxygen atoms in total. The van der Waals surface area contributed by atoms with Crippen LogP contribution in [-0.4, -0.2) is 47.3 Å². The van der Waals surface area contributed by atoms with Crippen molar-refractivity contribution in [3.63, 3.8) is 0 Å². The summed E-state index contributed by atoms with van der Waals surface area (Å²) in [5, 5.41) is 0. The molecular weight excluding hydrogens is 396 g/mol. The Balaban J connectivity index is 1.69. The van der Waals surface area contributed by atoms with Crippen LogP contribution in [0.4, 0.5) is 0 Å². The van der Waals surface area contributed by atoms with E-state index in [1.807, 2.05) is 12.1 Å². The molecule has 160 valence electrons. The molecule has 1 aliphatic rings. The van der Waals surface area contributed by atoms with E-state index in [9.17, 15) is 8.42 Å². The van der Waals surface area contributed by atoms with Crippen molar-refractivity contribution in [2.45, 2.75) is 56.8 Å². The first-order chi connectivity index (χ1) is 14.4. The molecule has 2 aromatic carbocycles. The maximum atomic E-state index is 12.6. The summed E-state index contributed by atoms with van der Waals surface area (Å²) in [5.74, 6) is 1.01. The SMILES string of the molecule is CCCn1c(CN(Cc2ccccc2)C2CC2)nc2cc(S(=O)(=O)N(C)C)ccc21. The van der Waals surface area contributed by atoms with Crippen LogP contribution in [0.1, 0.15) is 37.6 Å². The van der Waals surface area contributed by atoms with Gasteiger partial charge in [-0.3, -0.25) is 4.90 Å². The van der Waals surface area contributed by atoms with E-state index >= 15 is 0 Å². The normalized spacial score (nSPS) is 14.8. The Kier molecular flexibility index (Phi) is 5.95. The summed E-state index contributed by atoms with van der Waals surface area (Å²) in [6.07, 6.45) is 3.45. The largest absolute Gasteiger partial charge is 0.327 e. The fourth-order valence-corrected chi connectivity index (χ4v) is 4.80. The number of rotatable bonds is 9. The third kappa shape index (κ3) is 4.29. The van der Waals surface area contributed by atoms with Gasteiger partial charge in [0.25, 0.3) is 0 Å². The van der Waals surface area contributed by atoms with Crippen LogP contribution in [0.2, 0.25) is 0 Å². The molecular formula is C23H30N4O2S. The predicted molar refractivity (Wildman–Crippen MR) is 120 cm³/mol. The van der Waals surface area contributed by atoms with Gasteiger partial charge in [0.1, 0.15) is 5.82 Å². The number of aryl methyl sites for hydroxylation is 1. The summed E-state index contributed by atoms with van der Waals surface area (Å²) >= 11 is 0. The highest BCUT2D eigenvalue weighted by molar-refractivity contribution is 7.89. The molecule has 1 fully saturated rings. The number of aromatic nitrogens is 2. The van der Waals surface area contributed by atoms with Gasteiger partial charge in [0.2, 0.25) is 10.0 Å².